The second-order valence-corrected chi connectivity index (χ2v) is 4.66. The van der Waals surface area contributed by atoms with Gasteiger partial charge in [0.15, 0.2) is 0 Å². The average molecular weight is 322 g/mol. The van der Waals surface area contributed by atoms with Crippen LogP contribution in [0.1, 0.15) is 60.3 Å². The Balaban J connectivity index is -0.000000378. The molecule has 0 spiro atoms. The second kappa shape index (κ2) is 28.5. The van der Waals surface area contributed by atoms with Crippen LogP contribution >= 0.6 is 0 Å². The zero-order chi connectivity index (χ0) is 17.5. The molecule has 0 saturated heterocycles. The number of nitrogens with one attached hydrogen (secondary N) is 1. The third-order valence-electron chi connectivity index (χ3n) is 2.32. The first-order valence-corrected chi connectivity index (χ1v) is 8.53. The zero-order valence-corrected chi connectivity index (χ0v) is 15.7. The van der Waals surface area contributed by atoms with Crippen molar-refractivity contribution in [1.29, 1.82) is 0 Å². The molecule has 1 N–H and O–H groups in total. The fraction of sp³-hybridized carbons (Fsp3) is 0.941. The van der Waals surface area contributed by atoms with Crippen LogP contribution < -0.4 is 5.32 Å². The van der Waals surface area contributed by atoms with E-state index in [0.717, 1.165) is 52.3 Å². The quantitative estimate of drug-likeness (QED) is 0.417. The first-order valence-electron chi connectivity index (χ1n) is 8.53. The molecule has 0 saturated carbocycles. The minimum Gasteiger partial charge on any atom is -0.385 e. The molecule has 0 aliphatic heterocycles. The maximum absolute atomic E-state index is 9.50. The van der Waals surface area contributed by atoms with E-state index in [-0.39, 0.29) is 6.04 Å². The topological polar surface area (TPSA) is 56.8 Å². The van der Waals surface area contributed by atoms with Gasteiger partial charge in [-0.3, -0.25) is 4.79 Å². The third kappa shape index (κ3) is 36.6. The summed E-state index contributed by atoms with van der Waals surface area (Å²) in [7, 11) is 1.74. The van der Waals surface area contributed by atoms with Crippen LogP contribution in [0.25, 0.3) is 0 Å². The van der Waals surface area contributed by atoms with Gasteiger partial charge in [0, 0.05) is 46.2 Å². The van der Waals surface area contributed by atoms with E-state index in [1.165, 1.54) is 6.42 Å². The molecule has 0 heterocycles. The predicted octanol–water partition coefficient (Wildman–Crippen LogP) is 3.41. The van der Waals surface area contributed by atoms with Gasteiger partial charge in [-0.25, -0.2) is 0 Å². The van der Waals surface area contributed by atoms with Crippen molar-refractivity contribution < 1.29 is 19.0 Å². The van der Waals surface area contributed by atoms with Gasteiger partial charge in [-0.1, -0.05) is 13.8 Å². The van der Waals surface area contributed by atoms with Gasteiger partial charge in [0.05, 0.1) is 0 Å². The number of carbonyl (C=O) groups excluding carboxylic acids is 1. The molecule has 5 nitrogen and oxygen atoms in total. The third-order valence-corrected chi connectivity index (χ3v) is 2.32. The Morgan fingerprint density at radius 1 is 0.909 bits per heavy atom. The lowest BCUT2D eigenvalue weighted by Crippen LogP contribution is -2.19. The lowest BCUT2D eigenvalue weighted by molar-refractivity contribution is -0.109. The number of methoxy groups -OCH3 is 1. The van der Waals surface area contributed by atoms with Crippen LogP contribution in [0.5, 0.6) is 0 Å². The molecule has 0 unspecified atom stereocenters. The van der Waals surface area contributed by atoms with Gasteiger partial charge < -0.3 is 19.5 Å². The van der Waals surface area contributed by atoms with Crippen molar-refractivity contribution >= 4 is 6.41 Å². The summed E-state index contributed by atoms with van der Waals surface area (Å²) in [5, 5.41) is 2.53. The standard InChI is InChI=1S/C11H24O3.C4H9NO.C2H6/c1-3-13-10-7-11-14-9-6-4-5-8-12-2;1-4(2)5-3-6;1-2/h3-11H2,1-2H3;3-4H,1-2H3,(H,5,6);1-2H3. The summed E-state index contributed by atoms with van der Waals surface area (Å²) in [5.74, 6) is 0. The summed E-state index contributed by atoms with van der Waals surface area (Å²) in [6.07, 6.45) is 5.17. The Hall–Kier alpha value is -0.650. The highest BCUT2D eigenvalue weighted by atomic mass is 16.5. The van der Waals surface area contributed by atoms with Gasteiger partial charge in [0.25, 0.3) is 0 Å². The molecule has 0 aromatic heterocycles. The van der Waals surface area contributed by atoms with Crippen LogP contribution in [0.2, 0.25) is 0 Å². The zero-order valence-electron chi connectivity index (χ0n) is 15.7. The summed E-state index contributed by atoms with van der Waals surface area (Å²) < 4.78 is 15.6. The van der Waals surface area contributed by atoms with Gasteiger partial charge in [0.1, 0.15) is 0 Å². The number of carbonyl (C=O) groups is 1. The van der Waals surface area contributed by atoms with Crippen LogP contribution in [-0.2, 0) is 19.0 Å². The molecule has 0 aromatic rings. The minimum absolute atomic E-state index is 0.280. The number of amides is 1. The van der Waals surface area contributed by atoms with Crippen molar-refractivity contribution in [2.75, 3.05) is 40.1 Å². The molecule has 22 heavy (non-hydrogen) atoms. The van der Waals surface area contributed by atoms with Crippen LogP contribution in [-0.4, -0.2) is 52.6 Å². The Morgan fingerprint density at radius 3 is 1.91 bits per heavy atom. The van der Waals surface area contributed by atoms with Crippen molar-refractivity contribution in [2.24, 2.45) is 0 Å². The molecule has 0 aliphatic rings. The summed E-state index contributed by atoms with van der Waals surface area (Å²) >= 11 is 0. The minimum atomic E-state index is 0.280. The van der Waals surface area contributed by atoms with E-state index in [1.54, 1.807) is 7.11 Å². The number of unbranched alkanes of at least 4 members (excludes halogenated alkanes) is 2. The highest BCUT2D eigenvalue weighted by molar-refractivity contribution is 5.46. The number of ether oxygens (including phenoxy) is 3. The molecule has 0 rings (SSSR count). The first kappa shape index (κ1) is 26.3. The van der Waals surface area contributed by atoms with Gasteiger partial charge in [-0.05, 0) is 46.5 Å². The van der Waals surface area contributed by atoms with Crippen molar-refractivity contribution in [1.82, 2.24) is 5.32 Å². The molecular weight excluding hydrogens is 282 g/mol. The normalized spacial score (nSPS) is 9.41. The molecule has 136 valence electrons. The van der Waals surface area contributed by atoms with E-state index in [0.29, 0.717) is 6.41 Å². The van der Waals surface area contributed by atoms with Gasteiger partial charge >= 0.3 is 0 Å². The van der Waals surface area contributed by atoms with E-state index in [4.69, 9.17) is 14.2 Å². The predicted molar refractivity (Wildman–Crippen MR) is 93.3 cm³/mol. The molecule has 0 fully saturated rings. The highest BCUT2D eigenvalue weighted by Crippen LogP contribution is 1.96. The number of hydrogen-bond acceptors (Lipinski definition) is 4. The smallest absolute Gasteiger partial charge is 0.207 e. The van der Waals surface area contributed by atoms with E-state index >= 15 is 0 Å². The van der Waals surface area contributed by atoms with E-state index < -0.39 is 0 Å². The molecule has 0 aliphatic carbocycles. The van der Waals surface area contributed by atoms with Crippen molar-refractivity contribution in [3.63, 3.8) is 0 Å². The molecule has 5 heteroatoms. The summed E-state index contributed by atoms with van der Waals surface area (Å²) in [6, 6.07) is 0.280. The maximum atomic E-state index is 9.50. The van der Waals surface area contributed by atoms with Crippen LogP contribution in [0.15, 0.2) is 0 Å². The molecule has 1 amide bonds. The van der Waals surface area contributed by atoms with Crippen LogP contribution in [0.4, 0.5) is 0 Å². The lowest BCUT2D eigenvalue weighted by Gasteiger charge is -2.04. The summed E-state index contributed by atoms with van der Waals surface area (Å²) in [5.41, 5.74) is 0. The highest BCUT2D eigenvalue weighted by Gasteiger charge is 1.91. The summed E-state index contributed by atoms with van der Waals surface area (Å²) in [6.45, 7) is 14.0. The van der Waals surface area contributed by atoms with Gasteiger partial charge in [0.2, 0.25) is 6.41 Å². The van der Waals surface area contributed by atoms with Crippen LogP contribution in [0, 0.1) is 0 Å². The van der Waals surface area contributed by atoms with Crippen molar-refractivity contribution in [3.05, 3.63) is 0 Å². The fourth-order valence-electron chi connectivity index (χ4n) is 1.27. The Labute approximate surface area is 138 Å². The van der Waals surface area contributed by atoms with E-state index in [1.807, 2.05) is 34.6 Å². The van der Waals surface area contributed by atoms with Crippen LogP contribution in [0.3, 0.4) is 0 Å². The van der Waals surface area contributed by atoms with E-state index in [9.17, 15) is 4.79 Å². The Bertz CT molecular complexity index is 166. The number of rotatable bonds is 13. The summed E-state index contributed by atoms with van der Waals surface area (Å²) in [4.78, 5) is 9.50. The monoisotopic (exact) mass is 321 g/mol. The molecule has 0 aromatic carbocycles. The SMILES string of the molecule is CC.CC(C)NC=O.CCOCCCOCCCCCOC. The number of hydrogen-bond donors (Lipinski definition) is 1. The molecule has 0 radical (unpaired) electrons. The fourth-order valence-corrected chi connectivity index (χ4v) is 1.27. The maximum Gasteiger partial charge on any atom is 0.207 e. The molecule has 0 bridgehead atoms. The van der Waals surface area contributed by atoms with E-state index in [2.05, 4.69) is 5.32 Å². The second-order valence-electron chi connectivity index (χ2n) is 4.66. The Morgan fingerprint density at radius 2 is 1.45 bits per heavy atom. The van der Waals surface area contributed by atoms with Crippen molar-refractivity contribution in [2.45, 2.75) is 66.3 Å². The average Bonchev–Trinajstić information content (AvgIpc) is 2.52. The largest absolute Gasteiger partial charge is 0.385 e. The first-order chi connectivity index (χ1) is 10.7. The van der Waals surface area contributed by atoms with Crippen molar-refractivity contribution in [3.8, 4) is 0 Å². The Kier molecular flexibility index (Phi) is 34.0. The molecular formula is C17H39NO4. The molecule has 0 atom stereocenters. The lowest BCUT2D eigenvalue weighted by atomic mass is 10.2. The van der Waals surface area contributed by atoms with Gasteiger partial charge in [-0.2, -0.15) is 0 Å². The van der Waals surface area contributed by atoms with Gasteiger partial charge in [-0.15, -0.1) is 0 Å².